The summed E-state index contributed by atoms with van der Waals surface area (Å²) in [5.41, 5.74) is 3.65. The molecule has 2 N–H and O–H groups in total. The van der Waals surface area contributed by atoms with Gasteiger partial charge in [0.2, 0.25) is 0 Å². The van der Waals surface area contributed by atoms with Crippen LogP contribution in [0.1, 0.15) is 21.6 Å². The van der Waals surface area contributed by atoms with Crippen molar-refractivity contribution in [2.24, 2.45) is 0 Å². The fourth-order valence-corrected chi connectivity index (χ4v) is 3.71. The molecule has 0 spiro atoms. The maximum atomic E-state index is 12.1. The van der Waals surface area contributed by atoms with E-state index in [2.05, 4.69) is 46.7 Å². The molecule has 6 heteroatoms. The lowest BCUT2D eigenvalue weighted by Crippen LogP contribution is -2.37. The summed E-state index contributed by atoms with van der Waals surface area (Å²) >= 11 is 1.67. The fraction of sp³-hybridized carbons (Fsp3) is 0.421. The summed E-state index contributed by atoms with van der Waals surface area (Å²) in [6.07, 6.45) is 0. The van der Waals surface area contributed by atoms with Crippen LogP contribution in [0.15, 0.2) is 35.7 Å². The van der Waals surface area contributed by atoms with Gasteiger partial charge in [-0.05, 0) is 35.1 Å². The van der Waals surface area contributed by atoms with Gasteiger partial charge in [-0.1, -0.05) is 24.3 Å². The van der Waals surface area contributed by atoms with Crippen LogP contribution in [0.3, 0.4) is 0 Å². The van der Waals surface area contributed by atoms with Gasteiger partial charge in [-0.25, -0.2) is 4.79 Å². The Balaban J connectivity index is 1.50. The summed E-state index contributed by atoms with van der Waals surface area (Å²) in [5.74, 6) is 0. The van der Waals surface area contributed by atoms with Crippen molar-refractivity contribution in [2.75, 3.05) is 26.3 Å². The van der Waals surface area contributed by atoms with Crippen molar-refractivity contribution in [2.45, 2.75) is 26.6 Å². The molecule has 0 unspecified atom stereocenters. The first-order valence-electron chi connectivity index (χ1n) is 8.64. The molecule has 0 radical (unpaired) electrons. The van der Waals surface area contributed by atoms with Gasteiger partial charge < -0.3 is 15.4 Å². The predicted molar refractivity (Wildman–Crippen MR) is 101 cm³/mol. The monoisotopic (exact) mass is 359 g/mol. The van der Waals surface area contributed by atoms with Crippen LogP contribution < -0.4 is 10.6 Å². The second-order valence-electron chi connectivity index (χ2n) is 6.22. The zero-order chi connectivity index (χ0) is 17.5. The van der Waals surface area contributed by atoms with Gasteiger partial charge in [0.25, 0.3) is 0 Å². The maximum Gasteiger partial charge on any atom is 0.315 e. The van der Waals surface area contributed by atoms with E-state index in [1.807, 2.05) is 11.4 Å². The quantitative estimate of drug-likeness (QED) is 0.834. The van der Waals surface area contributed by atoms with Gasteiger partial charge >= 0.3 is 6.03 Å². The number of thiophene rings is 1. The Hall–Kier alpha value is -1.89. The van der Waals surface area contributed by atoms with Gasteiger partial charge in [-0.15, -0.1) is 11.3 Å². The fourth-order valence-electron chi connectivity index (χ4n) is 2.87. The molecule has 0 aliphatic carbocycles. The normalized spacial score (nSPS) is 15.1. The number of hydrogen-bond donors (Lipinski definition) is 2. The molecule has 3 rings (SSSR count). The lowest BCUT2D eigenvalue weighted by molar-refractivity contribution is 0.0341. The van der Waals surface area contributed by atoms with Crippen LogP contribution in [-0.4, -0.2) is 37.2 Å². The van der Waals surface area contributed by atoms with Crippen molar-refractivity contribution in [3.63, 3.8) is 0 Å². The SMILES string of the molecule is Cc1ccsc1CNC(=O)NCc1ccccc1CN1CCOCC1. The summed E-state index contributed by atoms with van der Waals surface area (Å²) in [7, 11) is 0. The minimum atomic E-state index is -0.131. The number of nitrogens with one attached hydrogen (secondary N) is 2. The average Bonchev–Trinajstić information content (AvgIpc) is 3.05. The number of ether oxygens (including phenoxy) is 1. The summed E-state index contributed by atoms with van der Waals surface area (Å²) in [6, 6.07) is 10.2. The number of urea groups is 1. The number of aryl methyl sites for hydroxylation is 1. The van der Waals surface area contributed by atoms with Crippen molar-refractivity contribution in [3.8, 4) is 0 Å². The van der Waals surface area contributed by atoms with Gasteiger partial charge in [0.1, 0.15) is 0 Å². The van der Waals surface area contributed by atoms with E-state index >= 15 is 0 Å². The van der Waals surface area contributed by atoms with Crippen LogP contribution in [0.25, 0.3) is 0 Å². The molecule has 134 valence electrons. The van der Waals surface area contributed by atoms with Gasteiger partial charge in [0.15, 0.2) is 0 Å². The van der Waals surface area contributed by atoms with E-state index in [-0.39, 0.29) is 6.03 Å². The Morgan fingerprint density at radius 2 is 1.84 bits per heavy atom. The molecular formula is C19H25N3O2S. The summed E-state index contributed by atoms with van der Waals surface area (Å²) in [4.78, 5) is 15.7. The molecular weight excluding hydrogens is 334 g/mol. The van der Waals surface area contributed by atoms with E-state index in [0.29, 0.717) is 13.1 Å². The minimum absolute atomic E-state index is 0.131. The lowest BCUT2D eigenvalue weighted by atomic mass is 10.1. The van der Waals surface area contributed by atoms with Crippen LogP contribution in [0, 0.1) is 6.92 Å². The molecule has 0 atom stereocenters. The average molecular weight is 359 g/mol. The number of benzene rings is 1. The Labute approximate surface area is 153 Å². The third kappa shape index (κ3) is 5.29. The minimum Gasteiger partial charge on any atom is -0.379 e. The second kappa shape index (κ2) is 8.99. The van der Waals surface area contributed by atoms with Crippen molar-refractivity contribution >= 4 is 17.4 Å². The van der Waals surface area contributed by atoms with Crippen molar-refractivity contribution in [3.05, 3.63) is 57.3 Å². The first kappa shape index (κ1) is 17.9. The van der Waals surface area contributed by atoms with Crippen LogP contribution in [0.4, 0.5) is 4.79 Å². The molecule has 2 aromatic rings. The summed E-state index contributed by atoms with van der Waals surface area (Å²) < 4.78 is 5.41. The molecule has 1 aromatic heterocycles. The van der Waals surface area contributed by atoms with Crippen molar-refractivity contribution < 1.29 is 9.53 Å². The molecule has 2 heterocycles. The molecule has 2 amide bonds. The topological polar surface area (TPSA) is 53.6 Å². The molecule has 1 aliphatic heterocycles. The lowest BCUT2D eigenvalue weighted by Gasteiger charge is -2.27. The molecule has 1 fully saturated rings. The third-order valence-corrected chi connectivity index (χ3v) is 5.46. The molecule has 0 bridgehead atoms. The van der Waals surface area contributed by atoms with Gasteiger partial charge in [-0.2, -0.15) is 0 Å². The van der Waals surface area contributed by atoms with Crippen LogP contribution >= 0.6 is 11.3 Å². The highest BCUT2D eigenvalue weighted by molar-refractivity contribution is 7.10. The molecule has 1 saturated heterocycles. The van der Waals surface area contributed by atoms with E-state index in [9.17, 15) is 4.79 Å². The zero-order valence-corrected chi connectivity index (χ0v) is 15.4. The van der Waals surface area contributed by atoms with E-state index in [1.54, 1.807) is 11.3 Å². The smallest absolute Gasteiger partial charge is 0.315 e. The molecule has 25 heavy (non-hydrogen) atoms. The number of nitrogens with zero attached hydrogens (tertiary/aromatic N) is 1. The van der Waals surface area contributed by atoms with E-state index in [4.69, 9.17) is 4.74 Å². The Kier molecular flexibility index (Phi) is 6.44. The summed E-state index contributed by atoms with van der Waals surface area (Å²) in [6.45, 7) is 7.59. The number of morpholine rings is 1. The molecule has 0 saturated carbocycles. The van der Waals surface area contributed by atoms with Crippen molar-refractivity contribution in [1.82, 2.24) is 15.5 Å². The number of rotatable bonds is 6. The Morgan fingerprint density at radius 3 is 2.56 bits per heavy atom. The third-order valence-electron chi connectivity index (χ3n) is 4.43. The number of hydrogen-bond acceptors (Lipinski definition) is 4. The molecule has 1 aliphatic rings. The van der Waals surface area contributed by atoms with E-state index in [1.165, 1.54) is 16.0 Å². The first-order valence-corrected chi connectivity index (χ1v) is 9.52. The maximum absolute atomic E-state index is 12.1. The first-order chi connectivity index (χ1) is 12.2. The highest BCUT2D eigenvalue weighted by atomic mass is 32.1. The van der Waals surface area contributed by atoms with E-state index in [0.717, 1.165) is 38.4 Å². The number of carbonyl (C=O) groups excluding carboxylic acids is 1. The van der Waals surface area contributed by atoms with Crippen LogP contribution in [0.5, 0.6) is 0 Å². The van der Waals surface area contributed by atoms with E-state index < -0.39 is 0 Å². The zero-order valence-electron chi connectivity index (χ0n) is 14.6. The predicted octanol–water partition coefficient (Wildman–Crippen LogP) is 2.89. The Bertz CT molecular complexity index is 695. The highest BCUT2D eigenvalue weighted by Gasteiger charge is 2.13. The molecule has 5 nitrogen and oxygen atoms in total. The van der Waals surface area contributed by atoms with Gasteiger partial charge in [-0.3, -0.25) is 4.90 Å². The summed E-state index contributed by atoms with van der Waals surface area (Å²) in [5, 5.41) is 7.95. The number of amides is 2. The van der Waals surface area contributed by atoms with Crippen LogP contribution in [-0.2, 0) is 24.4 Å². The number of carbonyl (C=O) groups is 1. The highest BCUT2D eigenvalue weighted by Crippen LogP contribution is 2.15. The molecule has 1 aromatic carbocycles. The second-order valence-corrected chi connectivity index (χ2v) is 7.22. The Morgan fingerprint density at radius 1 is 1.12 bits per heavy atom. The van der Waals surface area contributed by atoms with Gasteiger partial charge in [0, 0.05) is 31.1 Å². The van der Waals surface area contributed by atoms with Crippen LogP contribution in [0.2, 0.25) is 0 Å². The van der Waals surface area contributed by atoms with Crippen molar-refractivity contribution in [1.29, 1.82) is 0 Å². The largest absolute Gasteiger partial charge is 0.379 e. The standard InChI is InChI=1S/C19H25N3O2S/c1-15-6-11-25-18(15)13-21-19(23)20-12-16-4-2-3-5-17(16)14-22-7-9-24-10-8-22/h2-6,11H,7-10,12-14H2,1H3,(H2,20,21,23). The van der Waals surface area contributed by atoms with Gasteiger partial charge in [0.05, 0.1) is 19.8 Å².